The van der Waals surface area contributed by atoms with E-state index in [0.29, 0.717) is 32.5 Å². The summed E-state index contributed by atoms with van der Waals surface area (Å²) in [6.45, 7) is 3.51. The normalized spacial score (nSPS) is 27.8. The number of ether oxygens (including phenoxy) is 5. The zero-order valence-electron chi connectivity index (χ0n) is 18.7. The van der Waals surface area contributed by atoms with E-state index in [1.165, 1.54) is 13.8 Å². The molecule has 1 saturated heterocycles. The minimum Gasteiger partial charge on any atom is -0.436 e. The molecule has 0 spiro atoms. The number of hydrogen-bond donors (Lipinski definition) is 0. The van der Waals surface area contributed by atoms with Gasteiger partial charge in [-0.25, -0.2) is 0 Å². The van der Waals surface area contributed by atoms with Gasteiger partial charge in [0.25, 0.3) is 0 Å². The van der Waals surface area contributed by atoms with E-state index >= 15 is 0 Å². The minimum absolute atomic E-state index is 0.00959. The van der Waals surface area contributed by atoms with Gasteiger partial charge in [0.1, 0.15) is 12.6 Å². The molecule has 0 amide bonds. The van der Waals surface area contributed by atoms with Crippen molar-refractivity contribution in [1.29, 1.82) is 0 Å². The average molecular weight is 449 g/mol. The van der Waals surface area contributed by atoms with Gasteiger partial charge >= 0.3 is 11.9 Å². The van der Waals surface area contributed by atoms with Crippen LogP contribution in [0, 0.1) is 11.3 Å². The summed E-state index contributed by atoms with van der Waals surface area (Å²) in [5.74, 6) is -1.64. The molecule has 1 aromatic rings. The molecule has 8 heteroatoms. The summed E-state index contributed by atoms with van der Waals surface area (Å²) in [5, 5.41) is 0. The highest BCUT2D eigenvalue weighted by Crippen LogP contribution is 2.51. The third kappa shape index (κ3) is 6.60. The molecule has 2 aliphatic rings. The molecule has 0 N–H and O–H groups in total. The molecule has 1 saturated carbocycles. The summed E-state index contributed by atoms with van der Waals surface area (Å²) in [6.07, 6.45) is 1.70. The largest absolute Gasteiger partial charge is 0.436 e. The maximum absolute atomic E-state index is 13.0. The number of ketones is 1. The first kappa shape index (κ1) is 24.4. The van der Waals surface area contributed by atoms with Crippen molar-refractivity contribution in [2.75, 3.05) is 13.4 Å². The number of carbonyl (C=O) groups excluding carboxylic acids is 3. The van der Waals surface area contributed by atoms with E-state index in [4.69, 9.17) is 23.7 Å². The number of esters is 2. The van der Waals surface area contributed by atoms with E-state index in [1.54, 1.807) is 0 Å². The van der Waals surface area contributed by atoms with E-state index in [0.717, 1.165) is 24.8 Å². The fourth-order valence-corrected chi connectivity index (χ4v) is 4.73. The fourth-order valence-electron chi connectivity index (χ4n) is 4.73. The molecule has 8 nitrogen and oxygen atoms in total. The lowest BCUT2D eigenvalue weighted by Gasteiger charge is -2.48. The van der Waals surface area contributed by atoms with E-state index < -0.39 is 35.9 Å². The molecule has 2 fully saturated rings. The number of fused-ring (bicyclic) bond motifs is 1. The maximum Gasteiger partial charge on any atom is 0.304 e. The summed E-state index contributed by atoms with van der Waals surface area (Å²) in [6, 6.07) is 9.81. The predicted molar refractivity (Wildman–Crippen MR) is 113 cm³/mol. The molecular weight excluding hydrogens is 416 g/mol. The SMILES string of the molecule is CC(=O)O[C@H]1C[C@]2(CCOCOCc3ccccc3)CCCCC(=O)[C@@H]2[C@H](OC(C)=O)O1. The zero-order valence-corrected chi connectivity index (χ0v) is 18.7. The molecule has 1 aliphatic carbocycles. The van der Waals surface area contributed by atoms with Gasteiger partial charge in [0, 0.05) is 33.3 Å². The molecule has 4 atom stereocenters. The smallest absolute Gasteiger partial charge is 0.304 e. The maximum atomic E-state index is 13.0. The van der Waals surface area contributed by atoms with Gasteiger partial charge in [-0.1, -0.05) is 36.8 Å². The van der Waals surface area contributed by atoms with Crippen molar-refractivity contribution in [3.8, 4) is 0 Å². The van der Waals surface area contributed by atoms with Gasteiger partial charge in [0.05, 0.1) is 12.5 Å². The molecule has 0 aromatic heterocycles. The van der Waals surface area contributed by atoms with Crippen molar-refractivity contribution < 1.29 is 38.1 Å². The first-order valence-corrected chi connectivity index (χ1v) is 11.1. The molecule has 3 rings (SSSR count). The van der Waals surface area contributed by atoms with Crippen LogP contribution < -0.4 is 0 Å². The van der Waals surface area contributed by atoms with Gasteiger partial charge in [-0.3, -0.25) is 14.4 Å². The van der Waals surface area contributed by atoms with Gasteiger partial charge in [0.2, 0.25) is 12.6 Å². The van der Waals surface area contributed by atoms with Crippen LogP contribution in [0.2, 0.25) is 0 Å². The highest BCUT2D eigenvalue weighted by molar-refractivity contribution is 5.83. The first-order chi connectivity index (χ1) is 15.4. The summed E-state index contributed by atoms with van der Waals surface area (Å²) < 4.78 is 27.8. The highest BCUT2D eigenvalue weighted by atomic mass is 16.8. The monoisotopic (exact) mass is 448 g/mol. The topological polar surface area (TPSA) is 97.4 Å². The van der Waals surface area contributed by atoms with E-state index in [9.17, 15) is 14.4 Å². The molecule has 0 bridgehead atoms. The third-order valence-electron chi connectivity index (χ3n) is 6.09. The molecule has 176 valence electrons. The molecule has 0 unspecified atom stereocenters. The Morgan fingerprint density at radius 2 is 1.81 bits per heavy atom. The van der Waals surface area contributed by atoms with Crippen LogP contribution in [0.4, 0.5) is 0 Å². The Balaban J connectivity index is 1.66. The van der Waals surface area contributed by atoms with Crippen molar-refractivity contribution >= 4 is 17.7 Å². The van der Waals surface area contributed by atoms with Crippen LogP contribution >= 0.6 is 0 Å². The molecule has 1 aromatic carbocycles. The van der Waals surface area contributed by atoms with Crippen LogP contribution in [0.5, 0.6) is 0 Å². The second kappa shape index (κ2) is 11.5. The average Bonchev–Trinajstić information content (AvgIpc) is 2.89. The van der Waals surface area contributed by atoms with Crippen molar-refractivity contribution in [3.63, 3.8) is 0 Å². The lowest BCUT2D eigenvalue weighted by Crippen LogP contribution is -2.54. The highest BCUT2D eigenvalue weighted by Gasteiger charge is 2.55. The van der Waals surface area contributed by atoms with Crippen molar-refractivity contribution in [2.45, 2.75) is 71.6 Å². The van der Waals surface area contributed by atoms with E-state index in [2.05, 4.69) is 0 Å². The second-order valence-electron chi connectivity index (χ2n) is 8.48. The van der Waals surface area contributed by atoms with Crippen molar-refractivity contribution in [2.24, 2.45) is 11.3 Å². The third-order valence-corrected chi connectivity index (χ3v) is 6.09. The Kier molecular flexibility index (Phi) is 8.78. The molecule has 1 heterocycles. The molecular formula is C24H32O8. The summed E-state index contributed by atoms with van der Waals surface area (Å²) in [4.78, 5) is 36.3. The van der Waals surface area contributed by atoms with Crippen LogP contribution in [0.25, 0.3) is 0 Å². The molecule has 32 heavy (non-hydrogen) atoms. The summed E-state index contributed by atoms with van der Waals surface area (Å²) in [5.41, 5.74) is 0.507. The summed E-state index contributed by atoms with van der Waals surface area (Å²) in [7, 11) is 0. The van der Waals surface area contributed by atoms with Gasteiger partial charge in [-0.05, 0) is 30.2 Å². The molecule has 1 aliphatic heterocycles. The Bertz CT molecular complexity index is 779. The van der Waals surface area contributed by atoms with Crippen LogP contribution in [0.3, 0.4) is 0 Å². The van der Waals surface area contributed by atoms with Gasteiger partial charge in [0.15, 0.2) is 0 Å². The Morgan fingerprint density at radius 3 is 2.53 bits per heavy atom. The van der Waals surface area contributed by atoms with Gasteiger partial charge in [-0.2, -0.15) is 0 Å². The van der Waals surface area contributed by atoms with E-state index in [1.807, 2.05) is 30.3 Å². The van der Waals surface area contributed by atoms with Gasteiger partial charge in [-0.15, -0.1) is 0 Å². The summed E-state index contributed by atoms with van der Waals surface area (Å²) >= 11 is 0. The minimum atomic E-state index is -1.08. The number of Topliss-reactive ketones (excluding diaryl/α,β-unsaturated/α-hetero) is 1. The Hall–Kier alpha value is -2.29. The first-order valence-electron chi connectivity index (χ1n) is 11.1. The standard InChI is InChI=1S/C24H32O8/c1-17(25)30-21-14-24(12-13-28-16-29-15-19-8-4-3-5-9-19)11-7-6-10-20(27)22(24)23(32-21)31-18(2)26/h3-5,8-9,21-23H,6-7,10-16H2,1-2H3/t21-,22-,23-,24-/m1/s1. The second-order valence-corrected chi connectivity index (χ2v) is 8.48. The zero-order chi connectivity index (χ0) is 23.0. The Morgan fingerprint density at radius 1 is 1.06 bits per heavy atom. The predicted octanol–water partition coefficient (Wildman–Crippen LogP) is 3.51. The quantitative estimate of drug-likeness (QED) is 0.322. The number of carbonyl (C=O) groups is 3. The Labute approximate surface area is 188 Å². The number of hydrogen-bond acceptors (Lipinski definition) is 8. The lowest BCUT2D eigenvalue weighted by molar-refractivity contribution is -0.295. The number of benzene rings is 1. The van der Waals surface area contributed by atoms with Gasteiger partial charge < -0.3 is 23.7 Å². The van der Waals surface area contributed by atoms with E-state index in [-0.39, 0.29) is 12.6 Å². The van der Waals surface area contributed by atoms with Crippen LogP contribution in [-0.2, 0) is 44.7 Å². The van der Waals surface area contributed by atoms with Crippen LogP contribution in [0.15, 0.2) is 30.3 Å². The van der Waals surface area contributed by atoms with Crippen molar-refractivity contribution in [1.82, 2.24) is 0 Å². The van der Waals surface area contributed by atoms with Crippen LogP contribution in [-0.4, -0.2) is 43.7 Å². The lowest BCUT2D eigenvalue weighted by atomic mass is 9.65. The fraction of sp³-hybridized carbons (Fsp3) is 0.625. The number of rotatable bonds is 9. The molecule has 0 radical (unpaired) electrons. The van der Waals surface area contributed by atoms with Crippen LogP contribution in [0.1, 0.15) is 57.9 Å². The van der Waals surface area contributed by atoms with Crippen molar-refractivity contribution in [3.05, 3.63) is 35.9 Å².